The Balaban J connectivity index is 1.84. The second kappa shape index (κ2) is 8.89. The lowest BCUT2D eigenvalue weighted by Gasteiger charge is -2.28. The first-order chi connectivity index (χ1) is 14.9. The van der Waals surface area contributed by atoms with Gasteiger partial charge >= 0.3 is 0 Å². The van der Waals surface area contributed by atoms with Gasteiger partial charge in [0.25, 0.3) is 0 Å². The van der Waals surface area contributed by atoms with Gasteiger partial charge in [-0.15, -0.1) is 0 Å². The van der Waals surface area contributed by atoms with Crippen molar-refractivity contribution in [2.24, 2.45) is 0 Å². The van der Waals surface area contributed by atoms with Crippen molar-refractivity contribution < 1.29 is 5.11 Å². The fourth-order valence-corrected chi connectivity index (χ4v) is 4.94. The molecular formula is C24H27ClN4OS. The van der Waals surface area contributed by atoms with Gasteiger partial charge in [0.15, 0.2) is 5.11 Å². The summed E-state index contributed by atoms with van der Waals surface area (Å²) >= 11 is 12.0. The van der Waals surface area contributed by atoms with Crippen molar-refractivity contribution >= 4 is 28.9 Å². The summed E-state index contributed by atoms with van der Waals surface area (Å²) in [5.74, 6) is 0.196. The van der Waals surface area contributed by atoms with Crippen LogP contribution in [0, 0.1) is 13.8 Å². The summed E-state index contributed by atoms with van der Waals surface area (Å²) in [6.07, 6.45) is 3.97. The number of phenolic OH excluding ortho intramolecular Hbond substituents is 1. The van der Waals surface area contributed by atoms with Crippen LogP contribution in [-0.4, -0.2) is 31.2 Å². The van der Waals surface area contributed by atoms with Crippen molar-refractivity contribution in [3.63, 3.8) is 0 Å². The number of pyridine rings is 1. The molecule has 2 N–H and O–H groups in total. The first kappa shape index (κ1) is 21.7. The Hall–Kier alpha value is -2.57. The first-order valence-electron chi connectivity index (χ1n) is 10.6. The Morgan fingerprint density at radius 1 is 1.19 bits per heavy atom. The molecular weight excluding hydrogens is 428 g/mol. The summed E-state index contributed by atoms with van der Waals surface area (Å²) in [4.78, 5) is 6.90. The molecule has 0 amide bonds. The van der Waals surface area contributed by atoms with Crippen LogP contribution in [0.15, 0.2) is 48.7 Å². The van der Waals surface area contributed by atoms with Gasteiger partial charge in [-0.3, -0.25) is 4.98 Å². The van der Waals surface area contributed by atoms with Gasteiger partial charge in [-0.2, -0.15) is 0 Å². The molecule has 0 aliphatic carbocycles. The molecule has 1 aliphatic heterocycles. The van der Waals surface area contributed by atoms with E-state index in [4.69, 9.17) is 23.8 Å². The van der Waals surface area contributed by atoms with E-state index < -0.39 is 0 Å². The minimum atomic E-state index is -0.0486. The Labute approximate surface area is 193 Å². The molecule has 1 aliphatic rings. The SMILES string of the molecule is CCCCN1C(=S)N[C@H](c2ccccn2)[C@H]1c1cc(C)n(-c2cc(Cl)ccc2O)c1C. The highest BCUT2D eigenvalue weighted by atomic mass is 35.5. The standard InChI is InChI=1S/C24H27ClN4OS/c1-4-5-12-28-23(22(27-24(28)31)19-8-6-7-11-26-19)18-13-15(2)29(16(18)3)20-14-17(25)9-10-21(20)30/h6-11,13-14,22-23,30H,4-5,12H2,1-3H3,(H,27,31)/t22-,23-/m1/s1. The van der Waals surface area contributed by atoms with Crippen LogP contribution in [0.5, 0.6) is 5.75 Å². The van der Waals surface area contributed by atoms with Crippen molar-refractivity contribution in [1.82, 2.24) is 19.8 Å². The summed E-state index contributed by atoms with van der Waals surface area (Å²) in [5, 5.41) is 15.4. The average Bonchev–Trinajstić information content (AvgIpc) is 3.24. The molecule has 1 aromatic carbocycles. The fourth-order valence-electron chi connectivity index (χ4n) is 4.45. The molecule has 2 aromatic heterocycles. The monoisotopic (exact) mass is 454 g/mol. The van der Waals surface area contributed by atoms with Gasteiger partial charge in [-0.25, -0.2) is 0 Å². The molecule has 0 radical (unpaired) electrons. The lowest BCUT2D eigenvalue weighted by Crippen LogP contribution is -2.30. The zero-order valence-electron chi connectivity index (χ0n) is 18.0. The van der Waals surface area contributed by atoms with E-state index in [9.17, 15) is 5.11 Å². The fraction of sp³-hybridized carbons (Fsp3) is 0.333. The summed E-state index contributed by atoms with van der Waals surface area (Å²) < 4.78 is 2.06. The van der Waals surface area contributed by atoms with Crippen molar-refractivity contribution in [1.29, 1.82) is 0 Å². The normalized spacial score (nSPS) is 18.5. The number of phenols is 1. The highest BCUT2D eigenvalue weighted by Crippen LogP contribution is 2.42. The number of halogens is 1. The summed E-state index contributed by atoms with van der Waals surface area (Å²) in [6, 6.07) is 13.2. The van der Waals surface area contributed by atoms with Crippen LogP contribution in [0.4, 0.5) is 0 Å². The highest BCUT2D eigenvalue weighted by molar-refractivity contribution is 7.80. The van der Waals surface area contributed by atoms with Crippen molar-refractivity contribution in [2.75, 3.05) is 6.54 Å². The van der Waals surface area contributed by atoms with E-state index in [1.54, 1.807) is 18.2 Å². The number of aromatic hydroxyl groups is 1. The van der Waals surface area contributed by atoms with Gasteiger partial charge < -0.3 is 19.9 Å². The summed E-state index contributed by atoms with van der Waals surface area (Å²) in [7, 11) is 0. The second-order valence-corrected chi connectivity index (χ2v) is 8.79. The van der Waals surface area contributed by atoms with Gasteiger partial charge in [0.2, 0.25) is 0 Å². The zero-order valence-corrected chi connectivity index (χ0v) is 19.5. The number of thiocarbonyl (C=S) groups is 1. The van der Waals surface area contributed by atoms with Crippen molar-refractivity contribution in [3.8, 4) is 11.4 Å². The van der Waals surface area contributed by atoms with Gasteiger partial charge in [-0.1, -0.05) is 31.0 Å². The third kappa shape index (κ3) is 4.02. The van der Waals surface area contributed by atoms with Crippen LogP contribution in [0.1, 0.15) is 54.5 Å². The van der Waals surface area contributed by atoms with E-state index in [-0.39, 0.29) is 17.8 Å². The van der Waals surface area contributed by atoms with Gasteiger partial charge in [0, 0.05) is 29.2 Å². The molecule has 4 rings (SSSR count). The van der Waals surface area contributed by atoms with Gasteiger partial charge in [-0.05, 0) is 74.4 Å². The second-order valence-electron chi connectivity index (χ2n) is 7.97. The minimum absolute atomic E-state index is 0.00947. The number of rotatable bonds is 6. The molecule has 0 spiro atoms. The van der Waals surface area contributed by atoms with Gasteiger partial charge in [0.05, 0.1) is 23.5 Å². The van der Waals surface area contributed by atoms with Crippen LogP contribution in [0.3, 0.4) is 0 Å². The van der Waals surface area contributed by atoms with Crippen molar-refractivity contribution in [2.45, 2.75) is 45.7 Å². The largest absolute Gasteiger partial charge is 0.506 e. The van der Waals surface area contributed by atoms with Crippen LogP contribution >= 0.6 is 23.8 Å². The maximum Gasteiger partial charge on any atom is 0.170 e. The third-order valence-electron chi connectivity index (χ3n) is 5.92. The highest BCUT2D eigenvalue weighted by Gasteiger charge is 2.41. The third-order valence-corrected chi connectivity index (χ3v) is 6.51. The number of hydrogen-bond acceptors (Lipinski definition) is 3. The Morgan fingerprint density at radius 3 is 2.71 bits per heavy atom. The molecule has 1 fully saturated rings. The number of benzene rings is 1. The number of aryl methyl sites for hydroxylation is 1. The van der Waals surface area contributed by atoms with E-state index in [1.165, 1.54) is 0 Å². The maximum atomic E-state index is 10.5. The number of nitrogens with zero attached hydrogens (tertiary/aromatic N) is 3. The Morgan fingerprint density at radius 2 is 2.00 bits per heavy atom. The van der Waals surface area contributed by atoms with Crippen LogP contribution < -0.4 is 5.32 Å². The summed E-state index contributed by atoms with van der Waals surface area (Å²) in [6.45, 7) is 7.19. The average molecular weight is 455 g/mol. The number of aromatic nitrogens is 2. The molecule has 2 atom stereocenters. The van der Waals surface area contributed by atoms with E-state index in [2.05, 4.69) is 39.7 Å². The maximum absolute atomic E-state index is 10.5. The molecule has 162 valence electrons. The number of hydrogen-bond donors (Lipinski definition) is 2. The summed E-state index contributed by atoms with van der Waals surface area (Å²) in [5.41, 5.74) is 4.88. The molecule has 3 aromatic rings. The Kier molecular flexibility index (Phi) is 6.21. The molecule has 1 saturated heterocycles. The van der Waals surface area contributed by atoms with E-state index in [0.717, 1.165) is 47.1 Å². The first-order valence-corrected chi connectivity index (χ1v) is 11.4. The quantitative estimate of drug-likeness (QED) is 0.473. The minimum Gasteiger partial charge on any atom is -0.506 e. The Bertz CT molecular complexity index is 1100. The lowest BCUT2D eigenvalue weighted by molar-refractivity contribution is 0.312. The zero-order chi connectivity index (χ0) is 22.1. The van der Waals surface area contributed by atoms with Gasteiger partial charge in [0.1, 0.15) is 5.75 Å². The molecule has 0 unspecified atom stereocenters. The molecule has 7 heteroatoms. The topological polar surface area (TPSA) is 53.3 Å². The predicted molar refractivity (Wildman–Crippen MR) is 129 cm³/mol. The molecule has 31 heavy (non-hydrogen) atoms. The predicted octanol–water partition coefficient (Wildman–Crippen LogP) is 5.62. The number of nitrogens with one attached hydrogen (secondary N) is 1. The van der Waals surface area contributed by atoms with Crippen LogP contribution in [0.2, 0.25) is 5.02 Å². The van der Waals surface area contributed by atoms with E-state index >= 15 is 0 Å². The van der Waals surface area contributed by atoms with Crippen molar-refractivity contribution in [3.05, 3.63) is 76.3 Å². The lowest BCUT2D eigenvalue weighted by atomic mass is 9.96. The smallest absolute Gasteiger partial charge is 0.170 e. The van der Waals surface area contributed by atoms with E-state index in [0.29, 0.717) is 10.7 Å². The molecule has 5 nitrogen and oxygen atoms in total. The molecule has 0 bridgehead atoms. The molecule has 3 heterocycles. The number of unbranched alkanes of at least 4 members (excludes halogenated alkanes) is 1. The van der Waals surface area contributed by atoms with Crippen LogP contribution in [0.25, 0.3) is 5.69 Å². The van der Waals surface area contributed by atoms with E-state index in [1.807, 2.05) is 31.3 Å². The molecule has 0 saturated carbocycles. The van der Waals surface area contributed by atoms with Crippen LogP contribution in [-0.2, 0) is 0 Å².